The molecule has 0 saturated heterocycles. The average molecular weight is 486 g/mol. The summed E-state index contributed by atoms with van der Waals surface area (Å²) in [6.07, 6.45) is 0.767. The Balaban J connectivity index is 1.46. The van der Waals surface area contributed by atoms with E-state index < -0.39 is 6.04 Å². The Labute approximate surface area is 213 Å². The molecule has 0 fully saturated rings. The number of rotatable bonds is 10. The molecule has 0 saturated carbocycles. The standard InChI is InChI=1S/C30H35N3O3/c1-20(2)18-31-29(35)22(4)33(19-24-11-6-5-10-21(24)3)27(34)16-9-17-32-26-15-8-13-23-12-7-14-25(28(23)26)30(32)36/h5-8,10-15,20,22H,9,16-19H2,1-4H3,(H,31,35)/t22-/m1/s1. The Kier molecular flexibility index (Phi) is 7.73. The molecular weight excluding hydrogens is 450 g/mol. The van der Waals surface area contributed by atoms with Crippen molar-refractivity contribution in [3.63, 3.8) is 0 Å². The van der Waals surface area contributed by atoms with Gasteiger partial charge in [-0.2, -0.15) is 0 Å². The van der Waals surface area contributed by atoms with Crippen LogP contribution >= 0.6 is 0 Å². The minimum atomic E-state index is -0.595. The van der Waals surface area contributed by atoms with Crippen LogP contribution in [0.2, 0.25) is 0 Å². The molecular formula is C30H35N3O3. The molecule has 188 valence electrons. The fraction of sp³-hybridized carbons (Fsp3) is 0.367. The van der Waals surface area contributed by atoms with Gasteiger partial charge in [0.15, 0.2) is 0 Å². The molecule has 0 aromatic heterocycles. The van der Waals surface area contributed by atoms with E-state index >= 15 is 0 Å². The van der Waals surface area contributed by atoms with Gasteiger partial charge in [0.05, 0.1) is 5.69 Å². The minimum absolute atomic E-state index is 0.0209. The molecule has 4 rings (SSSR count). The van der Waals surface area contributed by atoms with Crippen molar-refractivity contribution in [1.29, 1.82) is 0 Å². The summed E-state index contributed by atoms with van der Waals surface area (Å²) in [6.45, 7) is 9.27. The number of hydrogen-bond acceptors (Lipinski definition) is 3. The molecule has 1 aliphatic heterocycles. The van der Waals surface area contributed by atoms with E-state index in [0.717, 1.165) is 27.6 Å². The van der Waals surface area contributed by atoms with Crippen LogP contribution < -0.4 is 10.2 Å². The number of nitrogens with one attached hydrogen (secondary N) is 1. The summed E-state index contributed by atoms with van der Waals surface area (Å²) in [5.41, 5.74) is 3.72. The molecule has 1 N–H and O–H groups in total. The SMILES string of the molecule is Cc1ccccc1CN(C(=O)CCCN1C(=O)c2cccc3cccc1c23)[C@H](C)C(=O)NCC(C)C. The molecule has 1 aliphatic rings. The van der Waals surface area contributed by atoms with Gasteiger partial charge >= 0.3 is 0 Å². The van der Waals surface area contributed by atoms with Crippen molar-refractivity contribution in [2.24, 2.45) is 5.92 Å². The zero-order chi connectivity index (χ0) is 25.8. The lowest BCUT2D eigenvalue weighted by molar-refractivity contribution is -0.140. The first-order chi connectivity index (χ1) is 17.3. The fourth-order valence-electron chi connectivity index (χ4n) is 4.74. The molecule has 6 heteroatoms. The summed E-state index contributed by atoms with van der Waals surface area (Å²) < 4.78 is 0. The number of aryl methyl sites for hydroxylation is 1. The maximum Gasteiger partial charge on any atom is 0.258 e. The number of carbonyl (C=O) groups is 3. The lowest BCUT2D eigenvalue weighted by Crippen LogP contribution is -2.48. The Hall–Kier alpha value is -3.67. The number of hydrogen-bond donors (Lipinski definition) is 1. The molecule has 36 heavy (non-hydrogen) atoms. The summed E-state index contributed by atoms with van der Waals surface area (Å²) in [5.74, 6) is 0.0657. The van der Waals surface area contributed by atoms with Crippen LogP contribution in [0.3, 0.4) is 0 Å². The average Bonchev–Trinajstić information content (AvgIpc) is 3.14. The summed E-state index contributed by atoms with van der Waals surface area (Å²) in [6, 6.07) is 19.0. The Morgan fingerprint density at radius 3 is 2.42 bits per heavy atom. The molecule has 1 atom stereocenters. The molecule has 0 bridgehead atoms. The third-order valence-corrected chi connectivity index (χ3v) is 6.88. The highest BCUT2D eigenvalue weighted by Gasteiger charge is 2.30. The quantitative estimate of drug-likeness (QED) is 0.436. The monoisotopic (exact) mass is 485 g/mol. The summed E-state index contributed by atoms with van der Waals surface area (Å²) in [4.78, 5) is 42.8. The van der Waals surface area contributed by atoms with E-state index in [0.29, 0.717) is 37.5 Å². The second kappa shape index (κ2) is 10.9. The maximum atomic E-state index is 13.4. The predicted molar refractivity (Wildman–Crippen MR) is 144 cm³/mol. The Morgan fingerprint density at radius 1 is 0.972 bits per heavy atom. The van der Waals surface area contributed by atoms with E-state index in [1.807, 2.05) is 81.4 Å². The van der Waals surface area contributed by atoms with Crippen molar-refractivity contribution in [2.45, 2.75) is 53.1 Å². The topological polar surface area (TPSA) is 69.7 Å². The molecule has 3 aromatic rings. The summed E-state index contributed by atoms with van der Waals surface area (Å²) >= 11 is 0. The van der Waals surface area contributed by atoms with Crippen LogP contribution in [0.1, 0.15) is 55.1 Å². The first kappa shape index (κ1) is 25.4. The highest BCUT2D eigenvalue weighted by Crippen LogP contribution is 2.37. The molecule has 3 amide bonds. The van der Waals surface area contributed by atoms with Gasteiger partial charge in [0.25, 0.3) is 5.91 Å². The molecule has 3 aromatic carbocycles. The van der Waals surface area contributed by atoms with Crippen molar-refractivity contribution < 1.29 is 14.4 Å². The Morgan fingerprint density at radius 2 is 1.69 bits per heavy atom. The van der Waals surface area contributed by atoms with E-state index in [1.54, 1.807) is 16.7 Å². The van der Waals surface area contributed by atoms with Crippen molar-refractivity contribution in [2.75, 3.05) is 18.0 Å². The first-order valence-corrected chi connectivity index (χ1v) is 12.7. The largest absolute Gasteiger partial charge is 0.354 e. The molecule has 6 nitrogen and oxygen atoms in total. The van der Waals surface area contributed by atoms with Gasteiger partial charge in [0, 0.05) is 37.0 Å². The number of carbonyl (C=O) groups excluding carboxylic acids is 3. The molecule has 0 spiro atoms. The second-order valence-corrected chi connectivity index (χ2v) is 10.0. The normalized spacial score (nSPS) is 13.4. The van der Waals surface area contributed by atoms with Crippen molar-refractivity contribution >= 4 is 34.2 Å². The number of benzene rings is 3. The molecule has 0 radical (unpaired) electrons. The maximum absolute atomic E-state index is 13.4. The van der Waals surface area contributed by atoms with Crippen molar-refractivity contribution in [3.05, 3.63) is 77.4 Å². The van der Waals surface area contributed by atoms with Crippen LogP contribution in [0.5, 0.6) is 0 Å². The molecule has 0 aliphatic carbocycles. The van der Waals surface area contributed by atoms with Crippen molar-refractivity contribution in [1.82, 2.24) is 10.2 Å². The van der Waals surface area contributed by atoms with E-state index in [2.05, 4.69) is 5.32 Å². The minimum Gasteiger partial charge on any atom is -0.354 e. The van der Waals surface area contributed by atoms with E-state index in [9.17, 15) is 14.4 Å². The smallest absolute Gasteiger partial charge is 0.258 e. The summed E-state index contributed by atoms with van der Waals surface area (Å²) in [7, 11) is 0. The van der Waals surface area contributed by atoms with E-state index in [4.69, 9.17) is 0 Å². The summed E-state index contributed by atoms with van der Waals surface area (Å²) in [5, 5.41) is 4.98. The lowest BCUT2D eigenvalue weighted by atomic mass is 10.1. The molecule has 0 unspecified atom stereocenters. The Bertz CT molecular complexity index is 1280. The zero-order valence-electron chi connectivity index (χ0n) is 21.6. The van der Waals surface area contributed by atoms with E-state index in [1.165, 1.54) is 0 Å². The molecule has 1 heterocycles. The van der Waals surface area contributed by atoms with Crippen LogP contribution in [-0.4, -0.2) is 41.8 Å². The van der Waals surface area contributed by atoms with Crippen LogP contribution in [0.15, 0.2) is 60.7 Å². The highest BCUT2D eigenvalue weighted by atomic mass is 16.2. The number of amides is 3. The van der Waals surface area contributed by atoms with Crippen LogP contribution in [-0.2, 0) is 16.1 Å². The zero-order valence-corrected chi connectivity index (χ0v) is 21.6. The number of anilines is 1. The second-order valence-electron chi connectivity index (χ2n) is 10.0. The number of nitrogens with zero attached hydrogens (tertiary/aromatic N) is 2. The van der Waals surface area contributed by atoms with Gasteiger partial charge in [-0.15, -0.1) is 0 Å². The van der Waals surface area contributed by atoms with Gasteiger partial charge in [-0.1, -0.05) is 62.4 Å². The van der Waals surface area contributed by atoms with Gasteiger partial charge in [-0.25, -0.2) is 0 Å². The van der Waals surface area contributed by atoms with Crippen LogP contribution in [0, 0.1) is 12.8 Å². The van der Waals surface area contributed by atoms with Gasteiger partial charge in [-0.3, -0.25) is 14.4 Å². The third-order valence-electron chi connectivity index (χ3n) is 6.88. The van der Waals surface area contributed by atoms with Gasteiger partial charge < -0.3 is 15.1 Å². The highest BCUT2D eigenvalue weighted by molar-refractivity contribution is 6.25. The van der Waals surface area contributed by atoms with Crippen molar-refractivity contribution in [3.8, 4) is 0 Å². The fourth-order valence-corrected chi connectivity index (χ4v) is 4.74. The lowest BCUT2D eigenvalue weighted by Gasteiger charge is -2.30. The van der Waals surface area contributed by atoms with E-state index in [-0.39, 0.29) is 24.1 Å². The van der Waals surface area contributed by atoms with Gasteiger partial charge in [0.1, 0.15) is 6.04 Å². The van der Waals surface area contributed by atoms with Crippen LogP contribution in [0.25, 0.3) is 10.8 Å². The first-order valence-electron chi connectivity index (χ1n) is 12.7. The van der Waals surface area contributed by atoms with Gasteiger partial charge in [0.2, 0.25) is 11.8 Å². The van der Waals surface area contributed by atoms with Crippen LogP contribution in [0.4, 0.5) is 5.69 Å². The van der Waals surface area contributed by atoms with Gasteiger partial charge in [-0.05, 0) is 54.8 Å². The third kappa shape index (κ3) is 5.27. The predicted octanol–water partition coefficient (Wildman–Crippen LogP) is 5.08.